The monoisotopic (exact) mass is 336 g/mol. The molecule has 0 saturated carbocycles. The maximum Gasteiger partial charge on any atom is 0.337 e. The zero-order valence-electron chi connectivity index (χ0n) is 10.9. The zero-order chi connectivity index (χ0) is 15.3. The Balaban J connectivity index is 2.97. The molecule has 0 aliphatic carbocycles. The fourth-order valence-electron chi connectivity index (χ4n) is 1.40. The van der Waals surface area contributed by atoms with Crippen molar-refractivity contribution in [2.24, 2.45) is 0 Å². The highest BCUT2D eigenvalue weighted by Crippen LogP contribution is 2.30. The molecule has 2 N–H and O–H groups in total. The van der Waals surface area contributed by atoms with Gasteiger partial charge in [-0.1, -0.05) is 23.2 Å². The third kappa shape index (κ3) is 4.47. The predicted octanol–water partition coefficient (Wildman–Crippen LogP) is 3.52. The van der Waals surface area contributed by atoms with E-state index in [1.807, 2.05) is 6.26 Å². The number of carbonyl (C=O) groups is 2. The Morgan fingerprint density at radius 2 is 2.05 bits per heavy atom. The largest absolute Gasteiger partial charge is 0.478 e. The highest BCUT2D eigenvalue weighted by atomic mass is 35.5. The van der Waals surface area contributed by atoms with Crippen LogP contribution >= 0.6 is 35.0 Å². The van der Waals surface area contributed by atoms with Crippen molar-refractivity contribution in [3.63, 3.8) is 0 Å². The summed E-state index contributed by atoms with van der Waals surface area (Å²) in [6, 6.07) is 2.20. The number of carboxylic acids is 1. The maximum absolute atomic E-state index is 12.0. The van der Waals surface area contributed by atoms with Gasteiger partial charge in [-0.3, -0.25) is 0 Å². The summed E-state index contributed by atoms with van der Waals surface area (Å²) in [4.78, 5) is 24.6. The number of rotatable bonds is 5. The van der Waals surface area contributed by atoms with Crippen LogP contribution in [0, 0.1) is 0 Å². The number of thioether (sulfide) groups is 1. The van der Waals surface area contributed by atoms with Crippen molar-refractivity contribution in [3.8, 4) is 0 Å². The number of hydrogen-bond donors (Lipinski definition) is 2. The van der Waals surface area contributed by atoms with Gasteiger partial charge in [-0.25, -0.2) is 9.59 Å². The van der Waals surface area contributed by atoms with Crippen molar-refractivity contribution in [2.45, 2.75) is 0 Å². The maximum atomic E-state index is 12.0. The summed E-state index contributed by atoms with van der Waals surface area (Å²) in [5.41, 5.74) is -0.0984. The minimum absolute atomic E-state index is 0.0459. The van der Waals surface area contributed by atoms with Crippen LogP contribution in [0.5, 0.6) is 0 Å². The molecule has 8 heteroatoms. The molecule has 0 radical (unpaired) electrons. The van der Waals surface area contributed by atoms with Gasteiger partial charge in [0, 0.05) is 24.4 Å². The van der Waals surface area contributed by atoms with Crippen molar-refractivity contribution in [2.75, 3.05) is 30.9 Å². The highest BCUT2D eigenvalue weighted by Gasteiger charge is 2.18. The molecule has 2 amide bonds. The molecule has 0 heterocycles. The van der Waals surface area contributed by atoms with Crippen LogP contribution in [0.3, 0.4) is 0 Å². The highest BCUT2D eigenvalue weighted by molar-refractivity contribution is 7.98. The van der Waals surface area contributed by atoms with E-state index >= 15 is 0 Å². The molecule has 1 aromatic carbocycles. The lowest BCUT2D eigenvalue weighted by molar-refractivity contribution is 0.0698. The molecule has 0 saturated heterocycles. The average Bonchev–Trinajstić information content (AvgIpc) is 2.38. The Morgan fingerprint density at radius 1 is 1.40 bits per heavy atom. The fourth-order valence-corrected chi connectivity index (χ4v) is 2.40. The van der Waals surface area contributed by atoms with E-state index in [1.54, 1.807) is 18.8 Å². The van der Waals surface area contributed by atoms with Crippen LogP contribution in [-0.4, -0.2) is 47.6 Å². The number of nitrogens with zero attached hydrogens (tertiary/aromatic N) is 1. The van der Waals surface area contributed by atoms with Gasteiger partial charge in [0.15, 0.2) is 0 Å². The molecule has 0 aromatic heterocycles. The van der Waals surface area contributed by atoms with E-state index in [-0.39, 0.29) is 21.3 Å². The van der Waals surface area contributed by atoms with E-state index in [4.69, 9.17) is 28.3 Å². The third-order valence-corrected chi connectivity index (χ3v) is 3.60. The van der Waals surface area contributed by atoms with Crippen LogP contribution in [0.25, 0.3) is 0 Å². The summed E-state index contributed by atoms with van der Waals surface area (Å²) < 4.78 is 0. The quantitative estimate of drug-likeness (QED) is 0.863. The number of carboxylic acid groups (broad SMARTS) is 1. The minimum Gasteiger partial charge on any atom is -0.478 e. The lowest BCUT2D eigenvalue weighted by Gasteiger charge is -2.19. The van der Waals surface area contributed by atoms with Gasteiger partial charge < -0.3 is 15.3 Å². The first kappa shape index (κ1) is 16.9. The number of halogens is 2. The first-order valence-corrected chi connectivity index (χ1v) is 7.75. The molecule has 0 aliphatic rings. The summed E-state index contributed by atoms with van der Waals surface area (Å²) >= 11 is 13.3. The summed E-state index contributed by atoms with van der Waals surface area (Å²) in [5, 5.41) is 11.9. The standard InChI is InChI=1S/C12H14Cl2N2O3S/c1-16(3-4-20-2)12(19)15-10-8(11(17)18)5-7(13)6-9(10)14/h5-6H,3-4H2,1-2H3,(H,15,19)(H,17,18). The lowest BCUT2D eigenvalue weighted by Crippen LogP contribution is -2.33. The average molecular weight is 337 g/mol. The van der Waals surface area contributed by atoms with Crippen LogP contribution in [0.2, 0.25) is 10.0 Å². The number of amides is 2. The van der Waals surface area contributed by atoms with E-state index in [0.29, 0.717) is 6.54 Å². The van der Waals surface area contributed by atoms with Crippen LogP contribution < -0.4 is 5.32 Å². The number of hydrogen-bond acceptors (Lipinski definition) is 3. The normalized spacial score (nSPS) is 10.2. The Bertz CT molecular complexity index is 526. The van der Waals surface area contributed by atoms with Crippen LogP contribution in [0.4, 0.5) is 10.5 Å². The van der Waals surface area contributed by atoms with Gasteiger partial charge in [-0.2, -0.15) is 11.8 Å². The first-order valence-electron chi connectivity index (χ1n) is 5.60. The van der Waals surface area contributed by atoms with E-state index in [2.05, 4.69) is 5.32 Å². The molecule has 110 valence electrons. The second kappa shape index (κ2) is 7.61. The van der Waals surface area contributed by atoms with Crippen molar-refractivity contribution in [1.82, 2.24) is 4.90 Å². The van der Waals surface area contributed by atoms with Crippen LogP contribution in [0.1, 0.15) is 10.4 Å². The number of aromatic carboxylic acids is 1. The summed E-state index contributed by atoms with van der Waals surface area (Å²) in [6.45, 7) is 0.542. The van der Waals surface area contributed by atoms with Gasteiger partial charge in [-0.15, -0.1) is 0 Å². The predicted molar refractivity (Wildman–Crippen MR) is 83.5 cm³/mol. The summed E-state index contributed by atoms with van der Waals surface area (Å²) in [5.74, 6) is -0.430. The topological polar surface area (TPSA) is 69.6 Å². The van der Waals surface area contributed by atoms with Crippen LogP contribution in [0.15, 0.2) is 12.1 Å². The number of nitrogens with one attached hydrogen (secondary N) is 1. The zero-order valence-corrected chi connectivity index (χ0v) is 13.3. The smallest absolute Gasteiger partial charge is 0.337 e. The molecule has 0 fully saturated rings. The molecule has 20 heavy (non-hydrogen) atoms. The second-order valence-electron chi connectivity index (χ2n) is 3.96. The van der Waals surface area contributed by atoms with Gasteiger partial charge >= 0.3 is 12.0 Å². The van der Waals surface area contributed by atoms with Crippen molar-refractivity contribution >= 4 is 52.7 Å². The fraction of sp³-hybridized carbons (Fsp3) is 0.333. The Hall–Kier alpha value is -1.11. The Morgan fingerprint density at radius 3 is 2.60 bits per heavy atom. The third-order valence-electron chi connectivity index (χ3n) is 2.49. The van der Waals surface area contributed by atoms with Gasteiger partial charge in [0.25, 0.3) is 0 Å². The second-order valence-corrected chi connectivity index (χ2v) is 5.79. The molecule has 5 nitrogen and oxygen atoms in total. The van der Waals surface area contributed by atoms with Gasteiger partial charge in [0.2, 0.25) is 0 Å². The molecular formula is C12H14Cl2N2O3S. The Kier molecular flexibility index (Phi) is 6.45. The van der Waals surface area contributed by atoms with Gasteiger partial charge in [-0.05, 0) is 18.4 Å². The molecule has 1 aromatic rings. The van der Waals surface area contributed by atoms with E-state index < -0.39 is 12.0 Å². The SMILES string of the molecule is CSCCN(C)C(=O)Nc1c(Cl)cc(Cl)cc1C(=O)O. The molecule has 0 atom stereocenters. The lowest BCUT2D eigenvalue weighted by atomic mass is 10.2. The molecule has 1 rings (SSSR count). The first-order chi connectivity index (χ1) is 9.36. The summed E-state index contributed by atoms with van der Waals surface area (Å²) in [6.07, 6.45) is 1.93. The number of carbonyl (C=O) groups excluding carboxylic acids is 1. The van der Waals surface area contributed by atoms with E-state index in [0.717, 1.165) is 5.75 Å². The van der Waals surface area contributed by atoms with Crippen LogP contribution in [-0.2, 0) is 0 Å². The van der Waals surface area contributed by atoms with Crippen molar-refractivity contribution < 1.29 is 14.7 Å². The molecule has 0 bridgehead atoms. The minimum atomic E-state index is -1.21. The summed E-state index contributed by atoms with van der Waals surface area (Å²) in [7, 11) is 1.62. The molecular weight excluding hydrogens is 323 g/mol. The van der Waals surface area contributed by atoms with Crippen molar-refractivity contribution in [1.29, 1.82) is 0 Å². The number of urea groups is 1. The van der Waals surface area contributed by atoms with E-state index in [1.165, 1.54) is 17.0 Å². The van der Waals surface area contributed by atoms with Crippen molar-refractivity contribution in [3.05, 3.63) is 27.7 Å². The molecule has 0 spiro atoms. The Labute approximate surface area is 131 Å². The van der Waals surface area contributed by atoms with Gasteiger partial charge in [0.05, 0.1) is 16.3 Å². The number of benzene rings is 1. The number of anilines is 1. The molecule has 0 unspecified atom stereocenters. The molecule has 0 aliphatic heterocycles. The van der Waals surface area contributed by atoms with Gasteiger partial charge in [0.1, 0.15) is 0 Å². The van der Waals surface area contributed by atoms with E-state index in [9.17, 15) is 9.59 Å².